The fourth-order valence-electron chi connectivity index (χ4n) is 3.39. The second-order valence-electron chi connectivity index (χ2n) is 7.38. The van der Waals surface area contributed by atoms with Crippen molar-refractivity contribution in [2.24, 2.45) is 0 Å². The number of aromatic hydroxyl groups is 1. The van der Waals surface area contributed by atoms with E-state index < -0.39 is 23.2 Å². The predicted octanol–water partition coefficient (Wildman–Crippen LogP) is 2.17. The third-order valence-electron chi connectivity index (χ3n) is 5.00. The molecule has 0 radical (unpaired) electrons. The molecular formula is C23H21N5O4. The van der Waals surface area contributed by atoms with Gasteiger partial charge in [0.15, 0.2) is 0 Å². The van der Waals surface area contributed by atoms with E-state index in [-0.39, 0.29) is 11.4 Å². The average molecular weight is 431 g/mol. The number of H-pyrrole nitrogens is 2. The van der Waals surface area contributed by atoms with E-state index in [9.17, 15) is 19.5 Å². The topological polar surface area (TPSA) is 133 Å². The number of aromatic amines is 2. The van der Waals surface area contributed by atoms with Crippen molar-refractivity contribution in [1.82, 2.24) is 25.1 Å². The van der Waals surface area contributed by atoms with Gasteiger partial charge in [-0.1, -0.05) is 36.4 Å². The zero-order chi connectivity index (χ0) is 22.7. The Bertz CT molecular complexity index is 1340. The largest absolute Gasteiger partial charge is 0.508 e. The number of carbonyl (C=O) groups excluding carboxylic acids is 1. The summed E-state index contributed by atoms with van der Waals surface area (Å²) in [6.45, 7) is 2.33. The number of rotatable bonds is 6. The van der Waals surface area contributed by atoms with Crippen molar-refractivity contribution in [1.29, 1.82) is 0 Å². The second kappa shape index (κ2) is 8.76. The first kappa shape index (κ1) is 20.9. The molecule has 2 aromatic heterocycles. The highest BCUT2D eigenvalue weighted by Crippen LogP contribution is 2.30. The van der Waals surface area contributed by atoms with Gasteiger partial charge in [0, 0.05) is 23.4 Å². The maximum Gasteiger partial charge on any atom is 0.326 e. The summed E-state index contributed by atoms with van der Waals surface area (Å²) in [4.78, 5) is 39.6. The molecule has 0 aliphatic heterocycles. The summed E-state index contributed by atoms with van der Waals surface area (Å²) in [6, 6.07) is 15.5. The van der Waals surface area contributed by atoms with Crippen LogP contribution in [0.4, 0.5) is 0 Å². The van der Waals surface area contributed by atoms with Gasteiger partial charge in [-0.15, -0.1) is 0 Å². The van der Waals surface area contributed by atoms with Gasteiger partial charge >= 0.3 is 5.69 Å². The summed E-state index contributed by atoms with van der Waals surface area (Å²) in [5, 5.41) is 17.4. The molecule has 1 unspecified atom stereocenters. The standard InChI is InChI=1S/C23H21N5O4/c1-14(25-22(31)19-10-21(30)27-23(32)26-19)18-9-16(7-8-20(18)29)17-11-24-28(13-17)12-15-5-3-2-4-6-15/h2-11,13-14,29H,12H2,1H3,(H,25,31)(H2,26,27,30,32). The van der Waals surface area contributed by atoms with Crippen LogP contribution in [0.1, 0.15) is 34.6 Å². The monoisotopic (exact) mass is 431 g/mol. The van der Waals surface area contributed by atoms with Crippen molar-refractivity contribution >= 4 is 5.91 Å². The maximum atomic E-state index is 12.4. The van der Waals surface area contributed by atoms with Crippen LogP contribution in [0.5, 0.6) is 5.75 Å². The van der Waals surface area contributed by atoms with Crippen LogP contribution in [-0.2, 0) is 6.54 Å². The summed E-state index contributed by atoms with van der Waals surface area (Å²) in [6.07, 6.45) is 3.65. The Morgan fingerprint density at radius 3 is 2.62 bits per heavy atom. The lowest BCUT2D eigenvalue weighted by Crippen LogP contribution is -2.32. The van der Waals surface area contributed by atoms with Gasteiger partial charge in [0.1, 0.15) is 11.4 Å². The van der Waals surface area contributed by atoms with Crippen molar-refractivity contribution in [2.75, 3.05) is 0 Å². The molecule has 9 nitrogen and oxygen atoms in total. The summed E-state index contributed by atoms with van der Waals surface area (Å²) in [5.74, 6) is -0.626. The molecule has 0 bridgehead atoms. The highest BCUT2D eigenvalue weighted by molar-refractivity contribution is 5.92. The molecular weight excluding hydrogens is 410 g/mol. The van der Waals surface area contributed by atoms with Crippen LogP contribution in [-0.4, -0.2) is 30.8 Å². The summed E-state index contributed by atoms with van der Waals surface area (Å²) < 4.78 is 1.83. The summed E-state index contributed by atoms with van der Waals surface area (Å²) >= 11 is 0. The van der Waals surface area contributed by atoms with Crippen LogP contribution in [0.25, 0.3) is 11.1 Å². The van der Waals surface area contributed by atoms with Crippen LogP contribution < -0.4 is 16.6 Å². The molecule has 4 N–H and O–H groups in total. The van der Waals surface area contributed by atoms with Crippen LogP contribution in [0.15, 0.2) is 76.6 Å². The van der Waals surface area contributed by atoms with Gasteiger partial charge in [-0.05, 0) is 30.2 Å². The Labute approximate surface area is 182 Å². The lowest BCUT2D eigenvalue weighted by atomic mass is 10.0. The fraction of sp³-hybridized carbons (Fsp3) is 0.130. The van der Waals surface area contributed by atoms with Crippen molar-refractivity contribution in [3.8, 4) is 16.9 Å². The molecule has 1 atom stereocenters. The number of hydrogen-bond acceptors (Lipinski definition) is 5. The van der Waals surface area contributed by atoms with Crippen molar-refractivity contribution in [3.05, 3.63) is 105 Å². The molecule has 0 spiro atoms. The van der Waals surface area contributed by atoms with E-state index in [1.165, 1.54) is 0 Å². The van der Waals surface area contributed by atoms with Crippen molar-refractivity contribution < 1.29 is 9.90 Å². The average Bonchev–Trinajstić information content (AvgIpc) is 3.22. The lowest BCUT2D eigenvalue weighted by Gasteiger charge is -2.16. The highest BCUT2D eigenvalue weighted by atomic mass is 16.3. The summed E-state index contributed by atoms with van der Waals surface area (Å²) in [5.41, 5.74) is 1.68. The normalized spacial score (nSPS) is 11.8. The predicted molar refractivity (Wildman–Crippen MR) is 118 cm³/mol. The molecule has 0 saturated heterocycles. The second-order valence-corrected chi connectivity index (χ2v) is 7.38. The molecule has 32 heavy (non-hydrogen) atoms. The summed E-state index contributed by atoms with van der Waals surface area (Å²) in [7, 11) is 0. The third-order valence-corrected chi connectivity index (χ3v) is 5.00. The van der Waals surface area contributed by atoms with E-state index in [0.717, 1.165) is 22.8 Å². The van der Waals surface area contributed by atoms with Gasteiger partial charge in [-0.2, -0.15) is 5.10 Å². The van der Waals surface area contributed by atoms with E-state index in [4.69, 9.17) is 0 Å². The molecule has 162 valence electrons. The smallest absolute Gasteiger partial charge is 0.326 e. The Hall–Kier alpha value is -4.40. The molecule has 2 heterocycles. The number of aromatic nitrogens is 4. The molecule has 9 heteroatoms. The molecule has 0 saturated carbocycles. The number of nitrogens with zero attached hydrogens (tertiary/aromatic N) is 2. The number of carbonyl (C=O) groups is 1. The van der Waals surface area contributed by atoms with Crippen LogP contribution in [0.3, 0.4) is 0 Å². The van der Waals surface area contributed by atoms with Crippen LogP contribution >= 0.6 is 0 Å². The molecule has 0 aliphatic carbocycles. The Balaban J connectivity index is 1.54. The molecule has 0 aliphatic rings. The minimum atomic E-state index is -0.771. The first-order valence-electron chi connectivity index (χ1n) is 9.93. The van der Waals surface area contributed by atoms with E-state index in [0.29, 0.717) is 12.1 Å². The van der Waals surface area contributed by atoms with Gasteiger partial charge in [-0.25, -0.2) is 4.79 Å². The van der Waals surface area contributed by atoms with Gasteiger partial charge < -0.3 is 15.4 Å². The van der Waals surface area contributed by atoms with Gasteiger partial charge in [0.25, 0.3) is 11.5 Å². The number of amides is 1. The Morgan fingerprint density at radius 1 is 1.09 bits per heavy atom. The van der Waals surface area contributed by atoms with Gasteiger partial charge in [0.2, 0.25) is 0 Å². The van der Waals surface area contributed by atoms with E-state index >= 15 is 0 Å². The number of phenols is 1. The molecule has 0 fully saturated rings. The molecule has 1 amide bonds. The zero-order valence-corrected chi connectivity index (χ0v) is 17.2. The van der Waals surface area contributed by atoms with Crippen LogP contribution in [0.2, 0.25) is 0 Å². The van der Waals surface area contributed by atoms with E-state index in [1.54, 1.807) is 31.3 Å². The maximum absolute atomic E-state index is 12.4. The molecule has 4 aromatic rings. The zero-order valence-electron chi connectivity index (χ0n) is 17.2. The number of phenolic OH excluding ortho intramolecular Hbond substituents is 1. The highest BCUT2D eigenvalue weighted by Gasteiger charge is 2.17. The van der Waals surface area contributed by atoms with Crippen molar-refractivity contribution in [3.63, 3.8) is 0 Å². The molecule has 2 aromatic carbocycles. The third kappa shape index (κ3) is 4.67. The number of benzene rings is 2. The first-order valence-corrected chi connectivity index (χ1v) is 9.93. The minimum Gasteiger partial charge on any atom is -0.508 e. The first-order chi connectivity index (χ1) is 15.4. The van der Waals surface area contributed by atoms with E-state index in [2.05, 4.69) is 15.4 Å². The van der Waals surface area contributed by atoms with Crippen LogP contribution in [0, 0.1) is 0 Å². The van der Waals surface area contributed by atoms with Gasteiger partial charge in [0.05, 0.1) is 18.8 Å². The number of hydrogen-bond donors (Lipinski definition) is 4. The van der Waals surface area contributed by atoms with E-state index in [1.807, 2.05) is 46.2 Å². The number of nitrogens with one attached hydrogen (secondary N) is 3. The Morgan fingerprint density at radius 2 is 1.88 bits per heavy atom. The fourth-order valence-corrected chi connectivity index (χ4v) is 3.39. The SMILES string of the molecule is CC(NC(=O)c1cc(=O)[nH]c(=O)[nH]1)c1cc(-c2cnn(Cc3ccccc3)c2)ccc1O. The van der Waals surface area contributed by atoms with Crippen molar-refractivity contribution in [2.45, 2.75) is 19.5 Å². The Kier molecular flexibility index (Phi) is 5.71. The van der Waals surface area contributed by atoms with Gasteiger partial charge in [-0.3, -0.25) is 19.3 Å². The minimum absolute atomic E-state index is 0.0117. The molecule has 4 rings (SSSR count). The quantitative estimate of drug-likeness (QED) is 0.371. The lowest BCUT2D eigenvalue weighted by molar-refractivity contribution is 0.0934.